The molecule has 0 aliphatic carbocycles. The maximum atomic E-state index is 12.1. The quantitative estimate of drug-likeness (QED) is 0.834. The van der Waals surface area contributed by atoms with E-state index in [1.165, 1.54) is 19.3 Å². The predicted octanol–water partition coefficient (Wildman–Crippen LogP) is 0.802. The first-order chi connectivity index (χ1) is 9.30. The average Bonchev–Trinajstić information content (AvgIpc) is 2.78. The van der Waals surface area contributed by atoms with Crippen LogP contribution in [-0.4, -0.2) is 55.9 Å². The highest BCUT2D eigenvalue weighted by atomic mass is 32.2. The van der Waals surface area contributed by atoms with Gasteiger partial charge in [0.15, 0.2) is 9.84 Å². The number of hydrogen-bond acceptors (Lipinski definition) is 4. The molecule has 20 heavy (non-hydrogen) atoms. The number of likely N-dealkylation sites (tertiary alicyclic amines) is 1. The maximum absolute atomic E-state index is 12.1. The highest BCUT2D eigenvalue weighted by Gasteiger charge is 2.34. The molecule has 0 bridgehead atoms. The molecule has 0 aromatic heterocycles. The number of piperidine rings is 1. The van der Waals surface area contributed by atoms with Crippen LogP contribution >= 0.6 is 0 Å². The van der Waals surface area contributed by atoms with Crippen molar-refractivity contribution in [1.82, 2.24) is 10.2 Å². The van der Waals surface area contributed by atoms with Crippen molar-refractivity contribution >= 4 is 15.7 Å². The van der Waals surface area contributed by atoms with Crippen LogP contribution in [0, 0.1) is 5.92 Å². The molecular formula is C14H26N2O3S. The zero-order chi connectivity index (χ0) is 14.8. The normalized spacial score (nSPS) is 27.4. The van der Waals surface area contributed by atoms with Crippen molar-refractivity contribution in [3.63, 3.8) is 0 Å². The van der Waals surface area contributed by atoms with Gasteiger partial charge in [0.1, 0.15) is 0 Å². The lowest BCUT2D eigenvalue weighted by Gasteiger charge is -2.41. The molecule has 2 heterocycles. The fourth-order valence-electron chi connectivity index (χ4n) is 3.06. The number of carbonyl (C=O) groups excluding carboxylic acids is 1. The van der Waals surface area contributed by atoms with E-state index >= 15 is 0 Å². The van der Waals surface area contributed by atoms with Crippen molar-refractivity contribution in [3.05, 3.63) is 0 Å². The Balaban J connectivity index is 1.83. The number of nitrogens with one attached hydrogen (secondary N) is 1. The van der Waals surface area contributed by atoms with Gasteiger partial charge in [-0.3, -0.25) is 9.69 Å². The van der Waals surface area contributed by atoms with E-state index in [0.29, 0.717) is 13.0 Å². The van der Waals surface area contributed by atoms with Gasteiger partial charge in [-0.2, -0.15) is 0 Å². The van der Waals surface area contributed by atoms with Gasteiger partial charge in [0.05, 0.1) is 17.4 Å². The number of sulfone groups is 1. The zero-order valence-corrected chi connectivity index (χ0v) is 13.3. The summed E-state index contributed by atoms with van der Waals surface area (Å²) in [5, 5.41) is 2.95. The lowest BCUT2D eigenvalue weighted by molar-refractivity contribution is -0.124. The summed E-state index contributed by atoms with van der Waals surface area (Å²) in [4.78, 5) is 14.5. The zero-order valence-electron chi connectivity index (χ0n) is 12.5. The summed E-state index contributed by atoms with van der Waals surface area (Å²) in [7, 11) is -2.99. The molecule has 5 nitrogen and oxygen atoms in total. The Labute approximate surface area is 122 Å². The van der Waals surface area contributed by atoms with Crippen LogP contribution in [0.25, 0.3) is 0 Å². The molecule has 2 fully saturated rings. The smallest absolute Gasteiger partial charge is 0.224 e. The van der Waals surface area contributed by atoms with Crippen LogP contribution < -0.4 is 5.32 Å². The summed E-state index contributed by atoms with van der Waals surface area (Å²) < 4.78 is 22.8. The van der Waals surface area contributed by atoms with E-state index in [-0.39, 0.29) is 28.9 Å². The highest BCUT2D eigenvalue weighted by molar-refractivity contribution is 7.91. The minimum absolute atomic E-state index is 0.0168. The lowest BCUT2D eigenvalue weighted by Crippen LogP contribution is -2.54. The van der Waals surface area contributed by atoms with Gasteiger partial charge in [-0.25, -0.2) is 8.42 Å². The van der Waals surface area contributed by atoms with E-state index < -0.39 is 9.84 Å². The molecule has 2 rings (SSSR count). The minimum atomic E-state index is -2.99. The molecule has 0 spiro atoms. The van der Waals surface area contributed by atoms with E-state index in [2.05, 4.69) is 24.1 Å². The van der Waals surface area contributed by atoms with Crippen LogP contribution in [-0.2, 0) is 14.6 Å². The molecule has 1 atom stereocenters. The molecule has 0 aromatic rings. The van der Waals surface area contributed by atoms with Crippen LogP contribution in [0.2, 0.25) is 0 Å². The standard InChI is InChI=1S/C14H26N2O3S/c1-14(2,16-7-4-3-5-8-16)11-15-13(17)12-6-9-20(18,19)10-12/h12H,3-11H2,1-2H3,(H,15,17). The molecule has 1 N–H and O–H groups in total. The van der Waals surface area contributed by atoms with Gasteiger partial charge < -0.3 is 5.32 Å². The average molecular weight is 302 g/mol. The Bertz CT molecular complexity index is 453. The number of hydrogen-bond donors (Lipinski definition) is 1. The van der Waals surface area contributed by atoms with Gasteiger partial charge in [0, 0.05) is 12.1 Å². The number of amides is 1. The minimum Gasteiger partial charge on any atom is -0.354 e. The van der Waals surface area contributed by atoms with Crippen LogP contribution in [0.5, 0.6) is 0 Å². The Kier molecular flexibility index (Phi) is 4.74. The largest absolute Gasteiger partial charge is 0.354 e. The second kappa shape index (κ2) is 6.02. The van der Waals surface area contributed by atoms with E-state index in [0.717, 1.165) is 13.1 Å². The molecule has 0 saturated carbocycles. The predicted molar refractivity (Wildman–Crippen MR) is 79.3 cm³/mol. The highest BCUT2D eigenvalue weighted by Crippen LogP contribution is 2.21. The van der Waals surface area contributed by atoms with Crippen LogP contribution in [0.3, 0.4) is 0 Å². The molecule has 1 amide bonds. The summed E-state index contributed by atoms with van der Waals surface area (Å²) in [6.45, 7) is 7.04. The summed E-state index contributed by atoms with van der Waals surface area (Å²) in [6.07, 6.45) is 4.20. The first-order valence-corrected chi connectivity index (χ1v) is 9.35. The maximum Gasteiger partial charge on any atom is 0.224 e. The fraction of sp³-hybridized carbons (Fsp3) is 0.929. The molecule has 1 unspecified atom stereocenters. The molecule has 2 aliphatic heterocycles. The summed E-state index contributed by atoms with van der Waals surface area (Å²) >= 11 is 0. The molecule has 2 aliphatic rings. The van der Waals surface area contributed by atoms with Crippen LogP contribution in [0.15, 0.2) is 0 Å². The summed E-state index contributed by atoms with van der Waals surface area (Å²) in [5.74, 6) is -0.280. The Hall–Kier alpha value is -0.620. The first kappa shape index (κ1) is 15.8. The third-order valence-corrected chi connectivity index (χ3v) is 6.28. The van der Waals surface area contributed by atoms with Crippen LogP contribution in [0.4, 0.5) is 0 Å². The molecule has 0 aromatic carbocycles. The van der Waals surface area contributed by atoms with Gasteiger partial charge in [-0.15, -0.1) is 0 Å². The number of rotatable bonds is 4. The summed E-state index contributed by atoms with van der Waals surface area (Å²) in [6, 6.07) is 0. The molecular weight excluding hydrogens is 276 g/mol. The first-order valence-electron chi connectivity index (χ1n) is 7.53. The van der Waals surface area contributed by atoms with Crippen molar-refractivity contribution in [1.29, 1.82) is 0 Å². The second-order valence-corrected chi connectivity index (χ2v) is 8.91. The lowest BCUT2D eigenvalue weighted by atomic mass is 9.98. The third kappa shape index (κ3) is 3.95. The van der Waals surface area contributed by atoms with E-state index in [4.69, 9.17) is 0 Å². The van der Waals surface area contributed by atoms with Gasteiger partial charge in [0.25, 0.3) is 0 Å². The van der Waals surface area contributed by atoms with Gasteiger partial charge in [-0.05, 0) is 46.2 Å². The van der Waals surface area contributed by atoms with Crippen molar-refractivity contribution in [2.75, 3.05) is 31.1 Å². The van der Waals surface area contributed by atoms with Crippen molar-refractivity contribution in [2.24, 2.45) is 5.92 Å². The molecule has 6 heteroatoms. The Morgan fingerprint density at radius 3 is 2.45 bits per heavy atom. The number of nitrogens with zero attached hydrogens (tertiary/aromatic N) is 1. The molecule has 0 radical (unpaired) electrons. The Morgan fingerprint density at radius 2 is 1.90 bits per heavy atom. The van der Waals surface area contributed by atoms with Gasteiger partial charge in [-0.1, -0.05) is 6.42 Å². The topological polar surface area (TPSA) is 66.5 Å². The van der Waals surface area contributed by atoms with E-state index in [9.17, 15) is 13.2 Å². The molecule has 116 valence electrons. The van der Waals surface area contributed by atoms with E-state index in [1.807, 2.05) is 0 Å². The third-order valence-electron chi connectivity index (χ3n) is 4.51. The van der Waals surface area contributed by atoms with Crippen molar-refractivity contribution in [3.8, 4) is 0 Å². The second-order valence-electron chi connectivity index (χ2n) is 6.68. The Morgan fingerprint density at radius 1 is 1.25 bits per heavy atom. The van der Waals surface area contributed by atoms with E-state index in [1.54, 1.807) is 0 Å². The SMILES string of the molecule is CC(C)(CNC(=O)C1CCS(=O)(=O)C1)N1CCCCC1. The van der Waals surface area contributed by atoms with Crippen molar-refractivity contribution in [2.45, 2.75) is 45.1 Å². The molecule has 2 saturated heterocycles. The van der Waals surface area contributed by atoms with Crippen molar-refractivity contribution < 1.29 is 13.2 Å². The van der Waals surface area contributed by atoms with Gasteiger partial charge >= 0.3 is 0 Å². The van der Waals surface area contributed by atoms with Crippen LogP contribution in [0.1, 0.15) is 39.5 Å². The summed E-state index contributed by atoms with van der Waals surface area (Å²) in [5.41, 5.74) is -0.0619. The van der Waals surface area contributed by atoms with Gasteiger partial charge in [0.2, 0.25) is 5.91 Å². The monoisotopic (exact) mass is 302 g/mol. The number of carbonyl (C=O) groups is 1. The fourth-order valence-corrected chi connectivity index (χ4v) is 4.80.